The van der Waals surface area contributed by atoms with Gasteiger partial charge in [0.25, 0.3) is 0 Å². The van der Waals surface area contributed by atoms with Crippen molar-refractivity contribution in [2.45, 2.75) is 18.8 Å². The fourth-order valence-corrected chi connectivity index (χ4v) is 2.49. The van der Waals surface area contributed by atoms with Gasteiger partial charge < -0.3 is 10.1 Å². The van der Waals surface area contributed by atoms with Crippen molar-refractivity contribution in [1.82, 2.24) is 0 Å². The van der Waals surface area contributed by atoms with Crippen LogP contribution in [0.15, 0.2) is 22.7 Å². The van der Waals surface area contributed by atoms with Crippen LogP contribution < -0.4 is 5.32 Å². The van der Waals surface area contributed by atoms with E-state index in [1.807, 2.05) is 0 Å². The number of ether oxygens (including phenoxy) is 1. The Kier molecular flexibility index (Phi) is 3.03. The number of anilines is 1. The van der Waals surface area contributed by atoms with Crippen LogP contribution in [0.1, 0.15) is 18.9 Å². The van der Waals surface area contributed by atoms with Crippen molar-refractivity contribution in [3.8, 4) is 0 Å². The fraction of sp³-hybridized carbons (Fsp3) is 0.500. The van der Waals surface area contributed by atoms with Gasteiger partial charge >= 0.3 is 0 Å². The summed E-state index contributed by atoms with van der Waals surface area (Å²) in [5, 5.41) is 3.45. The first kappa shape index (κ1) is 11.0. The van der Waals surface area contributed by atoms with Crippen LogP contribution in [0.25, 0.3) is 0 Å². The molecule has 0 spiro atoms. The highest BCUT2D eigenvalue weighted by Crippen LogP contribution is 2.40. The second-order valence-corrected chi connectivity index (χ2v) is 5.26. The van der Waals surface area contributed by atoms with Gasteiger partial charge in [-0.3, -0.25) is 0 Å². The summed E-state index contributed by atoms with van der Waals surface area (Å²) in [6.45, 7) is 4.11. The standard InChI is InChI=1S/C12H16BrNO/c1-12(5-6-15-2)8-14-11-7-9(13)3-4-10(11)12/h3-4,7,14H,5-6,8H2,1-2H3. The van der Waals surface area contributed by atoms with Crippen molar-refractivity contribution in [1.29, 1.82) is 0 Å². The molecule has 1 heterocycles. The normalized spacial score (nSPS) is 23.7. The Morgan fingerprint density at radius 3 is 3.07 bits per heavy atom. The van der Waals surface area contributed by atoms with Gasteiger partial charge in [-0.25, -0.2) is 0 Å². The zero-order valence-corrected chi connectivity index (χ0v) is 10.7. The third kappa shape index (κ3) is 2.04. The molecule has 0 aliphatic carbocycles. The van der Waals surface area contributed by atoms with E-state index < -0.39 is 0 Å². The summed E-state index contributed by atoms with van der Waals surface area (Å²) >= 11 is 3.49. The SMILES string of the molecule is COCCC1(C)CNc2cc(Br)ccc21. The van der Waals surface area contributed by atoms with Crippen LogP contribution in [0.2, 0.25) is 0 Å². The van der Waals surface area contributed by atoms with E-state index in [1.165, 1.54) is 11.3 Å². The van der Waals surface area contributed by atoms with Crippen molar-refractivity contribution in [3.63, 3.8) is 0 Å². The summed E-state index contributed by atoms with van der Waals surface area (Å²) in [4.78, 5) is 0. The van der Waals surface area contributed by atoms with Gasteiger partial charge in [-0.2, -0.15) is 0 Å². The topological polar surface area (TPSA) is 21.3 Å². The smallest absolute Gasteiger partial charge is 0.0471 e. The number of nitrogens with one attached hydrogen (secondary N) is 1. The monoisotopic (exact) mass is 269 g/mol. The molecule has 0 radical (unpaired) electrons. The molecule has 0 bridgehead atoms. The lowest BCUT2D eigenvalue weighted by Gasteiger charge is -2.23. The average molecular weight is 270 g/mol. The van der Waals surface area contributed by atoms with Crippen molar-refractivity contribution in [3.05, 3.63) is 28.2 Å². The molecule has 0 saturated heterocycles. The fourth-order valence-electron chi connectivity index (χ4n) is 2.12. The number of fused-ring (bicyclic) bond motifs is 1. The molecular formula is C12H16BrNO. The molecule has 0 aromatic heterocycles. The lowest BCUT2D eigenvalue weighted by molar-refractivity contribution is 0.174. The Hall–Kier alpha value is -0.540. The van der Waals surface area contributed by atoms with Crippen molar-refractivity contribution >= 4 is 21.6 Å². The Labute approximate surface area is 99.1 Å². The molecule has 1 aliphatic heterocycles. The highest BCUT2D eigenvalue weighted by atomic mass is 79.9. The first-order chi connectivity index (χ1) is 7.15. The summed E-state index contributed by atoms with van der Waals surface area (Å²) in [7, 11) is 1.76. The van der Waals surface area contributed by atoms with E-state index in [0.717, 1.165) is 24.0 Å². The quantitative estimate of drug-likeness (QED) is 0.910. The molecule has 1 aromatic rings. The van der Waals surface area contributed by atoms with E-state index in [2.05, 4.69) is 46.4 Å². The van der Waals surface area contributed by atoms with Gasteiger partial charge in [0.15, 0.2) is 0 Å². The Morgan fingerprint density at radius 2 is 2.33 bits per heavy atom. The van der Waals surface area contributed by atoms with E-state index >= 15 is 0 Å². The number of hydrogen-bond acceptors (Lipinski definition) is 2. The molecule has 15 heavy (non-hydrogen) atoms. The van der Waals surface area contributed by atoms with E-state index in [9.17, 15) is 0 Å². The average Bonchev–Trinajstić information content (AvgIpc) is 2.54. The predicted molar refractivity (Wildman–Crippen MR) is 66.5 cm³/mol. The van der Waals surface area contributed by atoms with Gasteiger partial charge in [-0.1, -0.05) is 28.9 Å². The van der Waals surface area contributed by atoms with Crippen LogP contribution in [0.5, 0.6) is 0 Å². The third-order valence-electron chi connectivity index (χ3n) is 3.16. The Morgan fingerprint density at radius 1 is 1.53 bits per heavy atom. The predicted octanol–water partition coefficient (Wildman–Crippen LogP) is 3.17. The number of rotatable bonds is 3. The largest absolute Gasteiger partial charge is 0.385 e. The minimum atomic E-state index is 0.214. The lowest BCUT2D eigenvalue weighted by atomic mass is 9.82. The summed E-state index contributed by atoms with van der Waals surface area (Å²) in [6.07, 6.45) is 1.06. The van der Waals surface area contributed by atoms with E-state index in [0.29, 0.717) is 0 Å². The lowest BCUT2D eigenvalue weighted by Crippen LogP contribution is -2.25. The summed E-state index contributed by atoms with van der Waals surface area (Å²) in [5.74, 6) is 0. The van der Waals surface area contributed by atoms with Crippen LogP contribution in [-0.4, -0.2) is 20.3 Å². The van der Waals surface area contributed by atoms with Gasteiger partial charge in [0.05, 0.1) is 0 Å². The summed E-state index contributed by atoms with van der Waals surface area (Å²) in [5.41, 5.74) is 2.87. The first-order valence-electron chi connectivity index (χ1n) is 5.18. The molecule has 0 amide bonds. The molecule has 1 aliphatic rings. The highest BCUT2D eigenvalue weighted by Gasteiger charge is 2.33. The van der Waals surface area contributed by atoms with E-state index in [4.69, 9.17) is 4.74 Å². The zero-order valence-electron chi connectivity index (χ0n) is 9.14. The molecule has 1 atom stereocenters. The third-order valence-corrected chi connectivity index (χ3v) is 3.65. The number of benzene rings is 1. The maximum atomic E-state index is 5.17. The minimum absolute atomic E-state index is 0.214. The van der Waals surface area contributed by atoms with Crippen LogP contribution in [0.3, 0.4) is 0 Å². The van der Waals surface area contributed by atoms with Crippen LogP contribution in [0, 0.1) is 0 Å². The van der Waals surface area contributed by atoms with Crippen LogP contribution in [0.4, 0.5) is 5.69 Å². The van der Waals surface area contributed by atoms with Gasteiger partial charge in [0.1, 0.15) is 0 Å². The van der Waals surface area contributed by atoms with Crippen molar-refractivity contribution in [2.75, 3.05) is 25.6 Å². The molecule has 1 aromatic carbocycles. The molecule has 0 saturated carbocycles. The van der Waals surface area contributed by atoms with Crippen molar-refractivity contribution in [2.24, 2.45) is 0 Å². The summed E-state index contributed by atoms with van der Waals surface area (Å²) < 4.78 is 6.30. The molecule has 2 rings (SSSR count). The van der Waals surface area contributed by atoms with Gasteiger partial charge in [0.2, 0.25) is 0 Å². The number of hydrogen-bond donors (Lipinski definition) is 1. The zero-order chi connectivity index (χ0) is 10.9. The molecule has 2 nitrogen and oxygen atoms in total. The number of methoxy groups -OCH3 is 1. The molecule has 1 unspecified atom stereocenters. The van der Waals surface area contributed by atoms with Crippen LogP contribution >= 0.6 is 15.9 Å². The Bertz CT molecular complexity index is 367. The number of halogens is 1. The highest BCUT2D eigenvalue weighted by molar-refractivity contribution is 9.10. The van der Waals surface area contributed by atoms with Gasteiger partial charge in [-0.15, -0.1) is 0 Å². The molecule has 3 heteroatoms. The molecule has 1 N–H and O–H groups in total. The molecule has 82 valence electrons. The van der Waals surface area contributed by atoms with E-state index in [-0.39, 0.29) is 5.41 Å². The maximum Gasteiger partial charge on any atom is 0.0471 e. The molecular weight excluding hydrogens is 254 g/mol. The van der Waals surface area contributed by atoms with Gasteiger partial charge in [-0.05, 0) is 24.1 Å². The first-order valence-corrected chi connectivity index (χ1v) is 5.98. The van der Waals surface area contributed by atoms with Gasteiger partial charge in [0, 0.05) is 35.8 Å². The second-order valence-electron chi connectivity index (χ2n) is 4.35. The minimum Gasteiger partial charge on any atom is -0.385 e. The van der Waals surface area contributed by atoms with Crippen molar-refractivity contribution < 1.29 is 4.74 Å². The molecule has 0 fully saturated rings. The maximum absolute atomic E-state index is 5.17. The summed E-state index contributed by atoms with van der Waals surface area (Å²) in [6, 6.07) is 6.46. The van der Waals surface area contributed by atoms with Crippen LogP contribution in [-0.2, 0) is 10.2 Å². The second kappa shape index (κ2) is 4.14. The Balaban J connectivity index is 2.27. The van der Waals surface area contributed by atoms with E-state index in [1.54, 1.807) is 7.11 Å².